The maximum absolute atomic E-state index is 9.65. The van der Waals surface area contributed by atoms with Crippen molar-refractivity contribution in [2.45, 2.75) is 71.7 Å². The van der Waals surface area contributed by atoms with Crippen molar-refractivity contribution in [2.75, 3.05) is 19.6 Å². The summed E-state index contributed by atoms with van der Waals surface area (Å²) in [6.45, 7) is 11.2. The quantitative estimate of drug-likeness (QED) is 0.493. The first-order valence-electron chi connectivity index (χ1n) is 10.2. The van der Waals surface area contributed by atoms with E-state index in [4.69, 9.17) is 4.99 Å². The molecule has 0 spiro atoms. The van der Waals surface area contributed by atoms with Gasteiger partial charge in [0.15, 0.2) is 5.96 Å². The SMILES string of the molecule is CCNC(=NCc1ccc(CN(CC)CC)cc1)NC1CCC(O)CC1. The van der Waals surface area contributed by atoms with Crippen LogP contribution in [0.2, 0.25) is 0 Å². The second kappa shape index (κ2) is 11.2. The molecule has 1 aliphatic carbocycles. The van der Waals surface area contributed by atoms with E-state index < -0.39 is 0 Å². The van der Waals surface area contributed by atoms with Gasteiger partial charge in [0.1, 0.15) is 0 Å². The Hall–Kier alpha value is -1.59. The Morgan fingerprint density at radius 1 is 1.04 bits per heavy atom. The number of guanidine groups is 1. The molecule has 0 aromatic heterocycles. The van der Waals surface area contributed by atoms with Gasteiger partial charge in [-0.2, -0.15) is 0 Å². The molecule has 3 N–H and O–H groups in total. The monoisotopic (exact) mass is 360 g/mol. The van der Waals surface area contributed by atoms with Crippen LogP contribution < -0.4 is 10.6 Å². The zero-order valence-electron chi connectivity index (χ0n) is 16.7. The van der Waals surface area contributed by atoms with Gasteiger partial charge in [-0.1, -0.05) is 38.1 Å². The van der Waals surface area contributed by atoms with Gasteiger partial charge >= 0.3 is 0 Å². The third kappa shape index (κ3) is 6.96. The fraction of sp³-hybridized carbons (Fsp3) is 0.667. The van der Waals surface area contributed by atoms with Crippen LogP contribution >= 0.6 is 0 Å². The first kappa shape index (κ1) is 20.7. The molecule has 1 aromatic carbocycles. The lowest BCUT2D eigenvalue weighted by molar-refractivity contribution is 0.120. The number of rotatable bonds is 8. The maximum Gasteiger partial charge on any atom is 0.191 e. The number of hydrogen-bond acceptors (Lipinski definition) is 3. The molecule has 1 aliphatic rings. The first-order chi connectivity index (χ1) is 12.6. The zero-order valence-corrected chi connectivity index (χ0v) is 16.7. The highest BCUT2D eigenvalue weighted by atomic mass is 16.3. The predicted molar refractivity (Wildman–Crippen MR) is 109 cm³/mol. The Labute approximate surface area is 158 Å². The molecule has 0 atom stereocenters. The van der Waals surface area contributed by atoms with Crippen LogP contribution in [-0.2, 0) is 13.1 Å². The van der Waals surface area contributed by atoms with E-state index >= 15 is 0 Å². The molecule has 26 heavy (non-hydrogen) atoms. The summed E-state index contributed by atoms with van der Waals surface area (Å²) in [6, 6.07) is 9.21. The molecule has 0 bridgehead atoms. The fourth-order valence-corrected chi connectivity index (χ4v) is 3.36. The maximum atomic E-state index is 9.65. The Kier molecular flexibility index (Phi) is 8.92. The van der Waals surface area contributed by atoms with E-state index in [2.05, 4.69) is 60.6 Å². The number of aliphatic hydroxyl groups excluding tert-OH is 1. The topological polar surface area (TPSA) is 59.9 Å². The van der Waals surface area contributed by atoms with Gasteiger partial charge in [-0.25, -0.2) is 4.99 Å². The molecule has 0 amide bonds. The Morgan fingerprint density at radius 2 is 1.65 bits per heavy atom. The van der Waals surface area contributed by atoms with E-state index in [1.165, 1.54) is 11.1 Å². The largest absolute Gasteiger partial charge is 0.393 e. The van der Waals surface area contributed by atoms with E-state index in [1.807, 2.05) is 0 Å². The summed E-state index contributed by atoms with van der Waals surface area (Å²) >= 11 is 0. The lowest BCUT2D eigenvalue weighted by atomic mass is 9.93. The molecule has 5 heteroatoms. The Morgan fingerprint density at radius 3 is 2.23 bits per heavy atom. The molecule has 1 aromatic rings. The van der Waals surface area contributed by atoms with Crippen molar-refractivity contribution in [1.29, 1.82) is 0 Å². The number of aliphatic hydroxyl groups is 1. The molecule has 5 nitrogen and oxygen atoms in total. The molecule has 0 saturated heterocycles. The Bertz CT molecular complexity index is 531. The highest BCUT2D eigenvalue weighted by molar-refractivity contribution is 5.80. The summed E-state index contributed by atoms with van der Waals surface area (Å²) < 4.78 is 0. The molecule has 146 valence electrons. The predicted octanol–water partition coefficient (Wildman–Crippen LogP) is 2.89. The van der Waals surface area contributed by atoms with E-state index in [-0.39, 0.29) is 6.10 Å². The number of benzene rings is 1. The van der Waals surface area contributed by atoms with E-state index in [0.717, 1.165) is 57.8 Å². The van der Waals surface area contributed by atoms with Gasteiger partial charge in [-0.15, -0.1) is 0 Å². The van der Waals surface area contributed by atoms with E-state index in [0.29, 0.717) is 12.6 Å². The minimum Gasteiger partial charge on any atom is -0.393 e. The van der Waals surface area contributed by atoms with Gasteiger partial charge in [0.05, 0.1) is 12.6 Å². The minimum absolute atomic E-state index is 0.123. The molecule has 1 fully saturated rings. The van der Waals surface area contributed by atoms with Crippen LogP contribution in [0.15, 0.2) is 29.3 Å². The van der Waals surface area contributed by atoms with Gasteiger partial charge in [0.25, 0.3) is 0 Å². The number of hydrogen-bond donors (Lipinski definition) is 3. The van der Waals surface area contributed by atoms with Crippen LogP contribution in [0.5, 0.6) is 0 Å². The summed E-state index contributed by atoms with van der Waals surface area (Å²) in [7, 11) is 0. The third-order valence-electron chi connectivity index (χ3n) is 5.13. The average Bonchev–Trinajstić information content (AvgIpc) is 2.67. The normalized spacial score (nSPS) is 21.0. The number of nitrogens with one attached hydrogen (secondary N) is 2. The summed E-state index contributed by atoms with van der Waals surface area (Å²) in [5, 5.41) is 16.5. The average molecular weight is 361 g/mol. The van der Waals surface area contributed by atoms with Crippen molar-refractivity contribution >= 4 is 5.96 Å². The number of nitrogens with zero attached hydrogens (tertiary/aromatic N) is 2. The van der Waals surface area contributed by atoms with Crippen molar-refractivity contribution in [2.24, 2.45) is 4.99 Å². The molecular weight excluding hydrogens is 324 g/mol. The van der Waals surface area contributed by atoms with Crippen LogP contribution in [0.25, 0.3) is 0 Å². The molecule has 0 unspecified atom stereocenters. The standard InChI is InChI=1S/C21H36N4O/c1-4-22-21(24-19-11-13-20(26)14-12-19)23-15-17-7-9-18(10-8-17)16-25(5-2)6-3/h7-10,19-20,26H,4-6,11-16H2,1-3H3,(H2,22,23,24). The van der Waals surface area contributed by atoms with Crippen LogP contribution in [0.1, 0.15) is 57.6 Å². The molecule has 0 heterocycles. The van der Waals surface area contributed by atoms with Crippen molar-refractivity contribution in [3.8, 4) is 0 Å². The van der Waals surface area contributed by atoms with Crippen LogP contribution in [0, 0.1) is 0 Å². The van der Waals surface area contributed by atoms with Crippen LogP contribution in [-0.4, -0.2) is 47.7 Å². The van der Waals surface area contributed by atoms with Crippen molar-refractivity contribution in [3.05, 3.63) is 35.4 Å². The molecule has 0 radical (unpaired) electrons. The lowest BCUT2D eigenvalue weighted by Gasteiger charge is -2.27. The summed E-state index contributed by atoms with van der Waals surface area (Å²) in [4.78, 5) is 7.16. The first-order valence-corrected chi connectivity index (χ1v) is 10.2. The smallest absolute Gasteiger partial charge is 0.191 e. The van der Waals surface area contributed by atoms with Crippen LogP contribution in [0.3, 0.4) is 0 Å². The second-order valence-corrected chi connectivity index (χ2v) is 7.12. The summed E-state index contributed by atoms with van der Waals surface area (Å²) in [5.41, 5.74) is 2.58. The number of aliphatic imine (C=N–C) groups is 1. The van der Waals surface area contributed by atoms with Crippen LogP contribution in [0.4, 0.5) is 0 Å². The highest BCUT2D eigenvalue weighted by Crippen LogP contribution is 2.18. The van der Waals surface area contributed by atoms with E-state index in [9.17, 15) is 5.11 Å². The van der Waals surface area contributed by atoms with Crippen molar-refractivity contribution < 1.29 is 5.11 Å². The van der Waals surface area contributed by atoms with Gasteiger partial charge in [0.2, 0.25) is 0 Å². The zero-order chi connectivity index (χ0) is 18.8. The van der Waals surface area contributed by atoms with Gasteiger partial charge in [-0.3, -0.25) is 4.90 Å². The molecular formula is C21H36N4O. The van der Waals surface area contributed by atoms with Gasteiger partial charge in [0, 0.05) is 19.1 Å². The summed E-state index contributed by atoms with van der Waals surface area (Å²) in [6.07, 6.45) is 3.65. The fourth-order valence-electron chi connectivity index (χ4n) is 3.36. The molecule has 0 aliphatic heterocycles. The second-order valence-electron chi connectivity index (χ2n) is 7.12. The minimum atomic E-state index is -0.123. The lowest BCUT2D eigenvalue weighted by Crippen LogP contribution is -2.45. The highest BCUT2D eigenvalue weighted by Gasteiger charge is 2.19. The van der Waals surface area contributed by atoms with Gasteiger partial charge in [-0.05, 0) is 56.8 Å². The van der Waals surface area contributed by atoms with Crippen molar-refractivity contribution in [1.82, 2.24) is 15.5 Å². The van der Waals surface area contributed by atoms with E-state index in [1.54, 1.807) is 0 Å². The molecule has 1 saturated carbocycles. The third-order valence-corrected chi connectivity index (χ3v) is 5.13. The molecule has 2 rings (SSSR count). The van der Waals surface area contributed by atoms with Gasteiger partial charge < -0.3 is 15.7 Å². The summed E-state index contributed by atoms with van der Waals surface area (Å²) in [5.74, 6) is 0.876. The van der Waals surface area contributed by atoms with Crippen molar-refractivity contribution in [3.63, 3.8) is 0 Å². The Balaban J connectivity index is 1.89.